The molecule has 5 heteroatoms. The molecular weight excluding hydrogens is 306 g/mol. The Morgan fingerprint density at radius 2 is 2.04 bits per heavy atom. The molecule has 0 saturated carbocycles. The minimum absolute atomic E-state index is 0.0260. The van der Waals surface area contributed by atoms with Gasteiger partial charge in [-0.2, -0.15) is 0 Å². The number of ether oxygens (including phenoxy) is 2. The molecule has 2 aromatic rings. The van der Waals surface area contributed by atoms with Crippen LogP contribution in [0.4, 0.5) is 0 Å². The first kappa shape index (κ1) is 16.6. The second kappa shape index (κ2) is 7.53. The second-order valence-electron chi connectivity index (χ2n) is 6.14. The average Bonchev–Trinajstić information content (AvgIpc) is 3.16. The van der Waals surface area contributed by atoms with Crippen LogP contribution in [0.15, 0.2) is 47.3 Å². The summed E-state index contributed by atoms with van der Waals surface area (Å²) in [6.45, 7) is 1.40. The molecule has 2 heterocycles. The zero-order valence-corrected chi connectivity index (χ0v) is 14.1. The van der Waals surface area contributed by atoms with Gasteiger partial charge in [0.25, 0.3) is 5.91 Å². The number of hydrogen-bond acceptors (Lipinski definition) is 4. The predicted molar refractivity (Wildman–Crippen MR) is 90.2 cm³/mol. The number of carbonyl (C=O) groups excluding carboxylic acids is 1. The lowest BCUT2D eigenvalue weighted by Crippen LogP contribution is -2.47. The number of methoxy groups -OCH3 is 2. The molecule has 0 spiro atoms. The largest absolute Gasteiger partial charge is 0.497 e. The van der Waals surface area contributed by atoms with Gasteiger partial charge in [-0.05, 0) is 36.6 Å². The molecule has 1 saturated heterocycles. The monoisotopic (exact) mass is 329 g/mol. The topological polar surface area (TPSA) is 51.9 Å². The van der Waals surface area contributed by atoms with Gasteiger partial charge in [-0.3, -0.25) is 4.79 Å². The van der Waals surface area contributed by atoms with Crippen molar-refractivity contribution in [2.24, 2.45) is 5.92 Å². The van der Waals surface area contributed by atoms with E-state index in [0.717, 1.165) is 18.6 Å². The van der Waals surface area contributed by atoms with E-state index in [2.05, 4.69) is 12.1 Å². The van der Waals surface area contributed by atoms with Crippen molar-refractivity contribution in [2.75, 3.05) is 27.3 Å². The number of nitrogens with zero attached hydrogens (tertiary/aromatic N) is 1. The van der Waals surface area contributed by atoms with Crippen molar-refractivity contribution in [3.05, 3.63) is 54.0 Å². The Morgan fingerprint density at radius 1 is 1.25 bits per heavy atom. The number of piperidine rings is 1. The fourth-order valence-corrected chi connectivity index (χ4v) is 3.33. The van der Waals surface area contributed by atoms with Gasteiger partial charge in [-0.25, -0.2) is 0 Å². The standard InChI is InChI=1S/C19H23NO4/c1-22-17-5-3-14(4-6-17)11-16-12-20(9-7-18(16)23-2)19(21)15-8-10-24-13-15/h3-6,8,10,13,16,18H,7,9,11-12H2,1-2H3/t16-,18+/m1/s1. The molecule has 1 fully saturated rings. The molecule has 0 N–H and O–H groups in total. The van der Waals surface area contributed by atoms with Crippen molar-refractivity contribution in [3.63, 3.8) is 0 Å². The van der Waals surface area contributed by atoms with Crippen LogP contribution in [0.25, 0.3) is 0 Å². The van der Waals surface area contributed by atoms with Crippen LogP contribution in [-0.2, 0) is 11.2 Å². The van der Waals surface area contributed by atoms with Gasteiger partial charge in [0.2, 0.25) is 0 Å². The molecule has 0 aliphatic carbocycles. The zero-order chi connectivity index (χ0) is 16.9. The van der Waals surface area contributed by atoms with Crippen molar-refractivity contribution in [3.8, 4) is 5.75 Å². The highest BCUT2D eigenvalue weighted by Crippen LogP contribution is 2.25. The van der Waals surface area contributed by atoms with Gasteiger partial charge in [0.05, 0.1) is 25.0 Å². The third kappa shape index (κ3) is 3.62. The summed E-state index contributed by atoms with van der Waals surface area (Å²) in [7, 11) is 3.41. The lowest BCUT2D eigenvalue weighted by molar-refractivity contribution is -0.00301. The first-order valence-electron chi connectivity index (χ1n) is 8.18. The Bertz CT molecular complexity index is 651. The van der Waals surface area contributed by atoms with E-state index in [1.54, 1.807) is 20.3 Å². The summed E-state index contributed by atoms with van der Waals surface area (Å²) in [6, 6.07) is 9.79. The SMILES string of the molecule is COc1ccc(C[C@@H]2CN(C(=O)c3ccoc3)CC[C@@H]2OC)cc1. The summed E-state index contributed by atoms with van der Waals surface area (Å²) in [5, 5.41) is 0. The van der Waals surface area contributed by atoms with Gasteiger partial charge in [0, 0.05) is 26.1 Å². The minimum atomic E-state index is 0.0260. The van der Waals surface area contributed by atoms with Crippen LogP contribution in [0.2, 0.25) is 0 Å². The number of hydrogen-bond donors (Lipinski definition) is 0. The molecule has 2 atom stereocenters. The van der Waals surface area contributed by atoms with E-state index < -0.39 is 0 Å². The molecule has 0 radical (unpaired) electrons. The van der Waals surface area contributed by atoms with Gasteiger partial charge in [0.15, 0.2) is 0 Å². The first-order valence-corrected chi connectivity index (χ1v) is 8.18. The van der Waals surface area contributed by atoms with Crippen LogP contribution in [0, 0.1) is 5.92 Å². The molecular formula is C19H23NO4. The molecule has 1 aromatic carbocycles. The van der Waals surface area contributed by atoms with Gasteiger partial charge in [0.1, 0.15) is 12.0 Å². The van der Waals surface area contributed by atoms with Crippen LogP contribution >= 0.6 is 0 Å². The highest BCUT2D eigenvalue weighted by molar-refractivity contribution is 5.93. The first-order chi connectivity index (χ1) is 11.7. The number of likely N-dealkylation sites (tertiary alicyclic amines) is 1. The summed E-state index contributed by atoms with van der Waals surface area (Å²) in [5.74, 6) is 1.15. The maximum atomic E-state index is 12.5. The molecule has 1 aliphatic heterocycles. The van der Waals surface area contributed by atoms with E-state index in [9.17, 15) is 4.79 Å². The lowest BCUT2D eigenvalue weighted by Gasteiger charge is -2.38. The van der Waals surface area contributed by atoms with Crippen LogP contribution in [0.5, 0.6) is 5.75 Å². The predicted octanol–water partition coefficient (Wildman–Crippen LogP) is 3.01. The Hall–Kier alpha value is -2.27. The van der Waals surface area contributed by atoms with E-state index in [4.69, 9.17) is 13.9 Å². The second-order valence-corrected chi connectivity index (χ2v) is 6.14. The molecule has 0 bridgehead atoms. The van der Waals surface area contributed by atoms with Crippen molar-refractivity contribution >= 4 is 5.91 Å². The van der Waals surface area contributed by atoms with Gasteiger partial charge < -0.3 is 18.8 Å². The van der Waals surface area contributed by atoms with E-state index in [-0.39, 0.29) is 17.9 Å². The van der Waals surface area contributed by atoms with Crippen LogP contribution in [0.3, 0.4) is 0 Å². The van der Waals surface area contributed by atoms with Crippen LogP contribution in [0.1, 0.15) is 22.3 Å². The summed E-state index contributed by atoms with van der Waals surface area (Å²) in [6.07, 6.45) is 4.92. The molecule has 5 nitrogen and oxygen atoms in total. The maximum Gasteiger partial charge on any atom is 0.257 e. The highest BCUT2D eigenvalue weighted by atomic mass is 16.5. The lowest BCUT2D eigenvalue weighted by atomic mass is 9.88. The third-order valence-corrected chi connectivity index (χ3v) is 4.68. The summed E-state index contributed by atoms with van der Waals surface area (Å²) >= 11 is 0. The normalized spacial score (nSPS) is 20.8. The molecule has 1 amide bonds. The summed E-state index contributed by atoms with van der Waals surface area (Å²) < 4.78 is 15.9. The van der Waals surface area contributed by atoms with E-state index >= 15 is 0 Å². The number of benzene rings is 1. The number of rotatable bonds is 5. The van der Waals surface area contributed by atoms with Gasteiger partial charge in [-0.15, -0.1) is 0 Å². The smallest absolute Gasteiger partial charge is 0.257 e. The zero-order valence-electron chi connectivity index (χ0n) is 14.1. The Kier molecular flexibility index (Phi) is 5.20. The fraction of sp³-hybridized carbons (Fsp3) is 0.421. The maximum absolute atomic E-state index is 12.5. The molecule has 1 aromatic heterocycles. The van der Waals surface area contributed by atoms with E-state index in [1.165, 1.54) is 18.1 Å². The molecule has 24 heavy (non-hydrogen) atoms. The number of furan rings is 1. The quantitative estimate of drug-likeness (QED) is 0.846. The number of carbonyl (C=O) groups is 1. The van der Waals surface area contributed by atoms with Crippen molar-refractivity contribution in [1.82, 2.24) is 4.90 Å². The van der Waals surface area contributed by atoms with Gasteiger partial charge >= 0.3 is 0 Å². The van der Waals surface area contributed by atoms with Crippen molar-refractivity contribution in [1.29, 1.82) is 0 Å². The minimum Gasteiger partial charge on any atom is -0.497 e. The van der Waals surface area contributed by atoms with Crippen LogP contribution in [-0.4, -0.2) is 44.2 Å². The van der Waals surface area contributed by atoms with Crippen LogP contribution < -0.4 is 4.74 Å². The average molecular weight is 329 g/mol. The highest BCUT2D eigenvalue weighted by Gasteiger charge is 2.32. The van der Waals surface area contributed by atoms with Gasteiger partial charge in [-0.1, -0.05) is 12.1 Å². The summed E-state index contributed by atoms with van der Waals surface area (Å²) in [4.78, 5) is 14.4. The van der Waals surface area contributed by atoms with E-state index in [1.807, 2.05) is 17.0 Å². The molecule has 128 valence electrons. The molecule has 1 aliphatic rings. The Labute approximate surface area is 142 Å². The molecule has 3 rings (SSSR count). The summed E-state index contributed by atoms with van der Waals surface area (Å²) in [5.41, 5.74) is 1.83. The Balaban J connectivity index is 1.69. The molecule has 0 unspecified atom stereocenters. The van der Waals surface area contributed by atoms with Crippen molar-refractivity contribution < 1.29 is 18.7 Å². The fourth-order valence-electron chi connectivity index (χ4n) is 3.33. The third-order valence-electron chi connectivity index (χ3n) is 4.68. The van der Waals surface area contributed by atoms with Crippen molar-refractivity contribution in [2.45, 2.75) is 18.9 Å². The van der Waals surface area contributed by atoms with E-state index in [0.29, 0.717) is 18.7 Å². The Morgan fingerprint density at radius 3 is 2.67 bits per heavy atom. The number of amides is 1.